The van der Waals surface area contributed by atoms with Crippen LogP contribution in [0, 0.1) is 11.3 Å². The van der Waals surface area contributed by atoms with Gasteiger partial charge < -0.3 is 10.2 Å². The first-order chi connectivity index (χ1) is 9.91. The second-order valence-corrected chi connectivity index (χ2v) is 8.15. The topological polar surface area (TPSA) is 28.2 Å². The first kappa shape index (κ1) is 16.8. The zero-order valence-corrected chi connectivity index (χ0v) is 15.1. The van der Waals surface area contributed by atoms with Gasteiger partial charge in [0, 0.05) is 24.5 Å². The summed E-state index contributed by atoms with van der Waals surface area (Å²) in [4.78, 5) is 7.36. The van der Waals surface area contributed by atoms with Crippen molar-refractivity contribution in [1.29, 1.82) is 0 Å². The van der Waals surface area contributed by atoms with Gasteiger partial charge in [-0.25, -0.2) is 4.98 Å². The van der Waals surface area contributed by atoms with Crippen LogP contribution in [0.1, 0.15) is 65.6 Å². The Hall–Kier alpha value is -0.610. The van der Waals surface area contributed by atoms with Crippen LogP contribution in [0.3, 0.4) is 0 Å². The van der Waals surface area contributed by atoms with E-state index in [0.29, 0.717) is 11.5 Å². The minimum absolute atomic E-state index is 0.356. The number of hydrogen-bond acceptors (Lipinski definition) is 4. The van der Waals surface area contributed by atoms with Gasteiger partial charge >= 0.3 is 0 Å². The van der Waals surface area contributed by atoms with Gasteiger partial charge in [-0.2, -0.15) is 0 Å². The number of nitrogens with zero attached hydrogens (tertiary/aromatic N) is 2. The molecule has 1 aromatic rings. The highest BCUT2D eigenvalue weighted by Crippen LogP contribution is 2.35. The molecule has 21 heavy (non-hydrogen) atoms. The van der Waals surface area contributed by atoms with E-state index in [-0.39, 0.29) is 0 Å². The molecule has 0 spiro atoms. The van der Waals surface area contributed by atoms with Crippen molar-refractivity contribution in [1.82, 2.24) is 10.3 Å². The second-order valence-electron chi connectivity index (χ2n) is 7.32. The fourth-order valence-corrected chi connectivity index (χ4v) is 4.16. The van der Waals surface area contributed by atoms with Crippen LogP contribution in [0.4, 0.5) is 5.13 Å². The van der Waals surface area contributed by atoms with Gasteiger partial charge in [0.2, 0.25) is 0 Å². The largest absolute Gasteiger partial charge is 0.348 e. The Bertz CT molecular complexity index is 435. The summed E-state index contributed by atoms with van der Waals surface area (Å²) in [6.45, 7) is 14.8. The third kappa shape index (κ3) is 4.43. The SMILES string of the molecule is CCNC(C)c1csc(N2CCCC(C(C)(C)C)CC2)n1. The van der Waals surface area contributed by atoms with Crippen LogP contribution in [0.15, 0.2) is 5.38 Å². The number of aromatic nitrogens is 1. The summed E-state index contributed by atoms with van der Waals surface area (Å²) < 4.78 is 0. The van der Waals surface area contributed by atoms with E-state index in [2.05, 4.69) is 50.2 Å². The summed E-state index contributed by atoms with van der Waals surface area (Å²) in [6, 6.07) is 0.356. The number of hydrogen-bond donors (Lipinski definition) is 1. The predicted molar refractivity (Wildman–Crippen MR) is 93.2 cm³/mol. The molecule has 4 heteroatoms. The minimum Gasteiger partial charge on any atom is -0.348 e. The van der Waals surface area contributed by atoms with Crippen LogP contribution in [-0.4, -0.2) is 24.6 Å². The van der Waals surface area contributed by atoms with Crippen molar-refractivity contribution in [2.24, 2.45) is 11.3 Å². The second kappa shape index (κ2) is 7.10. The highest BCUT2D eigenvalue weighted by molar-refractivity contribution is 7.13. The smallest absolute Gasteiger partial charge is 0.185 e. The molecule has 3 nitrogen and oxygen atoms in total. The van der Waals surface area contributed by atoms with Crippen LogP contribution in [0.2, 0.25) is 0 Å². The molecule has 1 N–H and O–H groups in total. The van der Waals surface area contributed by atoms with Crippen molar-refractivity contribution in [3.8, 4) is 0 Å². The summed E-state index contributed by atoms with van der Waals surface area (Å²) in [7, 11) is 0. The molecular formula is C17H31N3S. The van der Waals surface area contributed by atoms with Crippen LogP contribution >= 0.6 is 11.3 Å². The van der Waals surface area contributed by atoms with Gasteiger partial charge in [-0.15, -0.1) is 11.3 Å². The Morgan fingerprint density at radius 3 is 2.81 bits per heavy atom. The maximum Gasteiger partial charge on any atom is 0.185 e. The van der Waals surface area contributed by atoms with Gasteiger partial charge in [0.05, 0.1) is 5.69 Å². The molecule has 2 heterocycles. The Morgan fingerprint density at radius 2 is 2.14 bits per heavy atom. The molecule has 1 aromatic heterocycles. The van der Waals surface area contributed by atoms with Gasteiger partial charge in [-0.1, -0.05) is 27.7 Å². The van der Waals surface area contributed by atoms with Crippen LogP contribution in [0.25, 0.3) is 0 Å². The van der Waals surface area contributed by atoms with Gasteiger partial charge in [-0.05, 0) is 44.1 Å². The first-order valence-electron chi connectivity index (χ1n) is 8.35. The van der Waals surface area contributed by atoms with E-state index in [1.807, 2.05) is 0 Å². The van der Waals surface area contributed by atoms with E-state index in [1.54, 1.807) is 11.3 Å². The van der Waals surface area contributed by atoms with E-state index >= 15 is 0 Å². The van der Waals surface area contributed by atoms with Crippen molar-refractivity contribution in [3.05, 3.63) is 11.1 Å². The number of anilines is 1. The molecule has 2 rings (SSSR count). The molecule has 0 aliphatic carbocycles. The third-order valence-electron chi connectivity index (χ3n) is 4.69. The Labute approximate surface area is 134 Å². The molecule has 0 aromatic carbocycles. The molecule has 2 unspecified atom stereocenters. The zero-order valence-electron chi connectivity index (χ0n) is 14.3. The summed E-state index contributed by atoms with van der Waals surface area (Å²) in [5, 5.41) is 6.87. The molecular weight excluding hydrogens is 278 g/mol. The maximum absolute atomic E-state index is 4.86. The predicted octanol–water partition coefficient (Wildman–Crippen LogP) is 4.47. The Kier molecular flexibility index (Phi) is 5.67. The average molecular weight is 310 g/mol. The van der Waals surface area contributed by atoms with E-state index in [1.165, 1.54) is 30.1 Å². The molecule has 2 atom stereocenters. The lowest BCUT2D eigenvalue weighted by molar-refractivity contribution is 0.220. The van der Waals surface area contributed by atoms with Gasteiger partial charge in [0.1, 0.15) is 0 Å². The van der Waals surface area contributed by atoms with Crippen molar-refractivity contribution in [2.75, 3.05) is 24.5 Å². The Balaban J connectivity index is 1.99. The summed E-state index contributed by atoms with van der Waals surface area (Å²) in [6.07, 6.45) is 3.94. The van der Waals surface area contributed by atoms with Gasteiger partial charge in [0.25, 0.3) is 0 Å². The van der Waals surface area contributed by atoms with Crippen LogP contribution < -0.4 is 10.2 Å². The van der Waals surface area contributed by atoms with E-state index in [9.17, 15) is 0 Å². The summed E-state index contributed by atoms with van der Waals surface area (Å²) >= 11 is 1.80. The standard InChI is InChI=1S/C17H31N3S/c1-6-18-13(2)15-12-21-16(19-15)20-10-7-8-14(9-11-20)17(3,4)5/h12-14,18H,6-11H2,1-5H3. The number of nitrogens with one attached hydrogen (secondary N) is 1. The highest BCUT2D eigenvalue weighted by Gasteiger charge is 2.27. The average Bonchev–Trinajstić information content (AvgIpc) is 2.75. The lowest BCUT2D eigenvalue weighted by atomic mass is 9.77. The fraction of sp³-hybridized carbons (Fsp3) is 0.824. The molecule has 0 amide bonds. The molecule has 1 saturated heterocycles. The van der Waals surface area contributed by atoms with Crippen molar-refractivity contribution in [2.45, 2.75) is 59.9 Å². The highest BCUT2D eigenvalue weighted by atomic mass is 32.1. The van der Waals surface area contributed by atoms with Gasteiger partial charge in [0.15, 0.2) is 5.13 Å². The van der Waals surface area contributed by atoms with Crippen molar-refractivity contribution < 1.29 is 0 Å². The monoisotopic (exact) mass is 309 g/mol. The molecule has 0 saturated carbocycles. The van der Waals surface area contributed by atoms with Crippen molar-refractivity contribution >= 4 is 16.5 Å². The zero-order chi connectivity index (χ0) is 15.5. The minimum atomic E-state index is 0.356. The van der Waals surface area contributed by atoms with E-state index in [0.717, 1.165) is 25.6 Å². The van der Waals surface area contributed by atoms with E-state index < -0.39 is 0 Å². The first-order valence-corrected chi connectivity index (χ1v) is 9.23. The maximum atomic E-state index is 4.86. The lowest BCUT2D eigenvalue weighted by Gasteiger charge is -2.29. The molecule has 1 aliphatic heterocycles. The van der Waals surface area contributed by atoms with E-state index in [4.69, 9.17) is 4.98 Å². The Morgan fingerprint density at radius 1 is 1.38 bits per heavy atom. The molecule has 0 radical (unpaired) electrons. The van der Waals surface area contributed by atoms with Crippen molar-refractivity contribution in [3.63, 3.8) is 0 Å². The number of thiazole rings is 1. The van der Waals surface area contributed by atoms with Crippen LogP contribution in [-0.2, 0) is 0 Å². The molecule has 0 bridgehead atoms. The quantitative estimate of drug-likeness (QED) is 0.889. The molecule has 1 fully saturated rings. The normalized spacial score (nSPS) is 22.1. The lowest BCUT2D eigenvalue weighted by Crippen LogP contribution is -2.26. The fourth-order valence-electron chi connectivity index (χ4n) is 3.18. The molecule has 1 aliphatic rings. The number of rotatable bonds is 4. The summed E-state index contributed by atoms with van der Waals surface area (Å²) in [5.41, 5.74) is 1.62. The summed E-state index contributed by atoms with van der Waals surface area (Å²) in [5.74, 6) is 0.836. The van der Waals surface area contributed by atoms with Crippen LogP contribution in [0.5, 0.6) is 0 Å². The van der Waals surface area contributed by atoms with Gasteiger partial charge in [-0.3, -0.25) is 0 Å². The molecule has 120 valence electrons. The third-order valence-corrected chi connectivity index (χ3v) is 5.61.